The summed E-state index contributed by atoms with van der Waals surface area (Å²) in [5, 5.41) is 0. The van der Waals surface area contributed by atoms with E-state index in [-0.39, 0.29) is 5.91 Å². The summed E-state index contributed by atoms with van der Waals surface area (Å²) >= 11 is 1.53. The number of benzene rings is 2. The number of rotatable bonds is 6. The van der Waals surface area contributed by atoms with Crippen LogP contribution in [-0.2, 0) is 17.8 Å². The number of fused-ring (bicyclic) bond motifs is 1. The van der Waals surface area contributed by atoms with Gasteiger partial charge in [-0.25, -0.2) is 0 Å². The Bertz CT molecular complexity index is 997. The van der Waals surface area contributed by atoms with Crippen LogP contribution in [0.4, 0.5) is 0 Å². The molecule has 0 radical (unpaired) electrons. The van der Waals surface area contributed by atoms with E-state index in [4.69, 9.17) is 4.74 Å². The van der Waals surface area contributed by atoms with Crippen LogP contribution >= 0.6 is 11.3 Å². The van der Waals surface area contributed by atoms with Gasteiger partial charge in [-0.15, -0.1) is 0 Å². The highest BCUT2D eigenvalue weighted by Crippen LogP contribution is 2.23. The predicted molar refractivity (Wildman–Crippen MR) is 111 cm³/mol. The van der Waals surface area contributed by atoms with Crippen LogP contribution in [0.15, 0.2) is 47.5 Å². The van der Waals surface area contributed by atoms with Crippen LogP contribution in [-0.4, -0.2) is 17.1 Å². The minimum absolute atomic E-state index is 0.119. The Kier molecular flexibility index (Phi) is 6.11. The van der Waals surface area contributed by atoms with Gasteiger partial charge in [0.05, 0.1) is 23.2 Å². The van der Waals surface area contributed by atoms with Crippen LogP contribution in [0.2, 0.25) is 0 Å². The van der Waals surface area contributed by atoms with E-state index >= 15 is 0 Å². The Morgan fingerprint density at radius 2 is 1.89 bits per heavy atom. The molecule has 0 saturated heterocycles. The molecule has 0 bridgehead atoms. The van der Waals surface area contributed by atoms with Crippen molar-refractivity contribution in [2.24, 2.45) is 4.99 Å². The van der Waals surface area contributed by atoms with Crippen molar-refractivity contribution in [2.75, 3.05) is 6.61 Å². The largest absolute Gasteiger partial charge is 0.494 e. The first-order valence-corrected chi connectivity index (χ1v) is 10.3. The van der Waals surface area contributed by atoms with E-state index in [0.717, 1.165) is 32.9 Å². The molecule has 0 aliphatic rings. The number of hydrogen-bond acceptors (Lipinski definition) is 3. The van der Waals surface area contributed by atoms with Crippen molar-refractivity contribution < 1.29 is 9.53 Å². The second kappa shape index (κ2) is 8.53. The monoisotopic (exact) mass is 382 g/mol. The lowest BCUT2D eigenvalue weighted by molar-refractivity contribution is -0.117. The standard InChI is InChI=1S/C22H26N2O2S/c1-5-24-19-12-11-18(26-6-2)14-20(19)27-22(24)23-21(25)13-16-7-9-17(10-8-16)15(3)4/h7-12,14-15H,5-6,13H2,1-4H3. The molecule has 0 aliphatic heterocycles. The van der Waals surface area contributed by atoms with Crippen molar-refractivity contribution in [1.82, 2.24) is 4.57 Å². The van der Waals surface area contributed by atoms with Crippen molar-refractivity contribution in [2.45, 2.75) is 46.6 Å². The van der Waals surface area contributed by atoms with E-state index in [2.05, 4.69) is 42.5 Å². The summed E-state index contributed by atoms with van der Waals surface area (Å²) in [7, 11) is 0. The smallest absolute Gasteiger partial charge is 0.252 e. The zero-order chi connectivity index (χ0) is 19.4. The maximum Gasteiger partial charge on any atom is 0.252 e. The summed E-state index contributed by atoms with van der Waals surface area (Å²) < 4.78 is 8.74. The van der Waals surface area contributed by atoms with E-state index in [1.165, 1.54) is 16.9 Å². The Balaban J connectivity index is 1.88. The topological polar surface area (TPSA) is 43.6 Å². The molecule has 0 N–H and O–H groups in total. The summed E-state index contributed by atoms with van der Waals surface area (Å²) in [6, 6.07) is 14.2. The first-order chi connectivity index (χ1) is 13.0. The van der Waals surface area contributed by atoms with E-state index in [1.807, 2.05) is 37.3 Å². The zero-order valence-electron chi connectivity index (χ0n) is 16.4. The van der Waals surface area contributed by atoms with Crippen LogP contribution in [0.3, 0.4) is 0 Å². The number of aryl methyl sites for hydroxylation is 1. The van der Waals surface area contributed by atoms with E-state index in [1.54, 1.807) is 0 Å². The van der Waals surface area contributed by atoms with Gasteiger partial charge in [0.1, 0.15) is 5.75 Å². The van der Waals surface area contributed by atoms with Gasteiger partial charge in [-0.2, -0.15) is 4.99 Å². The number of nitrogens with zero attached hydrogens (tertiary/aromatic N) is 2. The third kappa shape index (κ3) is 4.48. The molecule has 142 valence electrons. The van der Waals surface area contributed by atoms with Crippen LogP contribution < -0.4 is 9.54 Å². The number of amides is 1. The molecule has 1 amide bonds. The maximum absolute atomic E-state index is 12.5. The van der Waals surface area contributed by atoms with Gasteiger partial charge in [0, 0.05) is 6.54 Å². The lowest BCUT2D eigenvalue weighted by Gasteiger charge is -2.05. The molecule has 4 nitrogen and oxygen atoms in total. The first-order valence-electron chi connectivity index (χ1n) is 9.44. The Labute approximate surface area is 164 Å². The Morgan fingerprint density at radius 1 is 1.15 bits per heavy atom. The summed E-state index contributed by atoms with van der Waals surface area (Å²) in [6.07, 6.45) is 0.320. The van der Waals surface area contributed by atoms with Gasteiger partial charge in [-0.1, -0.05) is 49.4 Å². The third-order valence-corrected chi connectivity index (χ3v) is 5.54. The number of aromatic nitrogens is 1. The van der Waals surface area contributed by atoms with Gasteiger partial charge in [-0.05, 0) is 49.1 Å². The number of ether oxygens (including phenoxy) is 1. The quantitative estimate of drug-likeness (QED) is 0.608. The van der Waals surface area contributed by atoms with Gasteiger partial charge < -0.3 is 9.30 Å². The number of thiazole rings is 1. The molecular weight excluding hydrogens is 356 g/mol. The van der Waals surface area contributed by atoms with Crippen LogP contribution in [0.5, 0.6) is 5.75 Å². The van der Waals surface area contributed by atoms with Crippen molar-refractivity contribution in [1.29, 1.82) is 0 Å². The second-order valence-corrected chi connectivity index (χ2v) is 7.78. The fourth-order valence-electron chi connectivity index (χ4n) is 3.04. The molecule has 27 heavy (non-hydrogen) atoms. The van der Waals surface area contributed by atoms with Gasteiger partial charge in [0.15, 0.2) is 4.80 Å². The van der Waals surface area contributed by atoms with Crippen molar-refractivity contribution in [3.05, 3.63) is 58.4 Å². The second-order valence-electron chi connectivity index (χ2n) is 6.77. The van der Waals surface area contributed by atoms with E-state index < -0.39 is 0 Å². The highest BCUT2D eigenvalue weighted by atomic mass is 32.1. The van der Waals surface area contributed by atoms with E-state index in [9.17, 15) is 4.79 Å². The molecule has 2 aromatic carbocycles. The maximum atomic E-state index is 12.5. The van der Waals surface area contributed by atoms with Crippen LogP contribution in [0.1, 0.15) is 44.7 Å². The summed E-state index contributed by atoms with van der Waals surface area (Å²) in [5.41, 5.74) is 3.36. The molecule has 0 unspecified atom stereocenters. The highest BCUT2D eigenvalue weighted by Gasteiger charge is 2.09. The molecule has 0 fully saturated rings. The van der Waals surface area contributed by atoms with Gasteiger partial charge in [0.2, 0.25) is 0 Å². The van der Waals surface area contributed by atoms with Crippen molar-refractivity contribution in [3.63, 3.8) is 0 Å². The molecule has 3 aromatic rings. The minimum atomic E-state index is -0.119. The summed E-state index contributed by atoms with van der Waals surface area (Å²) in [4.78, 5) is 17.7. The van der Waals surface area contributed by atoms with Gasteiger partial charge in [0.25, 0.3) is 5.91 Å². The molecule has 1 heterocycles. The molecule has 0 spiro atoms. The summed E-state index contributed by atoms with van der Waals surface area (Å²) in [5.74, 6) is 1.21. The molecule has 0 aliphatic carbocycles. The third-order valence-electron chi connectivity index (χ3n) is 4.50. The predicted octanol–water partition coefficient (Wildman–Crippen LogP) is 4.91. The lowest BCUT2D eigenvalue weighted by atomic mass is 10.0. The van der Waals surface area contributed by atoms with Gasteiger partial charge in [-0.3, -0.25) is 4.79 Å². The highest BCUT2D eigenvalue weighted by molar-refractivity contribution is 7.16. The lowest BCUT2D eigenvalue weighted by Crippen LogP contribution is -2.16. The first kappa shape index (κ1) is 19.4. The van der Waals surface area contributed by atoms with Crippen LogP contribution in [0, 0.1) is 0 Å². The Hall–Kier alpha value is -2.40. The Morgan fingerprint density at radius 3 is 2.52 bits per heavy atom. The molecule has 5 heteroatoms. The fraction of sp³-hybridized carbons (Fsp3) is 0.364. The van der Waals surface area contributed by atoms with Gasteiger partial charge >= 0.3 is 0 Å². The van der Waals surface area contributed by atoms with Crippen LogP contribution in [0.25, 0.3) is 10.2 Å². The molecule has 0 saturated carbocycles. The van der Waals surface area contributed by atoms with Crippen molar-refractivity contribution in [3.8, 4) is 5.75 Å². The normalized spacial score (nSPS) is 12.1. The molecule has 0 atom stereocenters. The number of carbonyl (C=O) groups excluding carboxylic acids is 1. The van der Waals surface area contributed by atoms with E-state index in [0.29, 0.717) is 18.9 Å². The molecule has 3 rings (SSSR count). The zero-order valence-corrected chi connectivity index (χ0v) is 17.2. The van der Waals surface area contributed by atoms with Crippen molar-refractivity contribution >= 4 is 27.5 Å². The fourth-order valence-corrected chi connectivity index (χ4v) is 4.18. The SMILES string of the molecule is CCOc1ccc2c(c1)sc(=NC(=O)Cc1ccc(C(C)C)cc1)n2CC. The summed E-state index contributed by atoms with van der Waals surface area (Å²) in [6.45, 7) is 9.77. The minimum Gasteiger partial charge on any atom is -0.494 e. The molecular formula is C22H26N2O2S. The average molecular weight is 383 g/mol. The average Bonchev–Trinajstić information content (AvgIpc) is 2.98. The number of carbonyl (C=O) groups is 1. The number of hydrogen-bond donors (Lipinski definition) is 0. The molecule has 1 aromatic heterocycles.